The Morgan fingerprint density at radius 1 is 1.41 bits per heavy atom. The van der Waals surface area contributed by atoms with Gasteiger partial charge in [-0.15, -0.1) is 0 Å². The van der Waals surface area contributed by atoms with Gasteiger partial charge in [0, 0.05) is 11.5 Å². The van der Waals surface area contributed by atoms with Crippen LogP contribution in [0.1, 0.15) is 11.7 Å². The minimum absolute atomic E-state index is 0.0171. The van der Waals surface area contributed by atoms with E-state index in [0.717, 1.165) is 0 Å². The van der Waals surface area contributed by atoms with Crippen LogP contribution in [-0.2, 0) is 0 Å². The second kappa shape index (κ2) is 5.35. The predicted octanol–water partition coefficient (Wildman–Crippen LogP) is 3.67. The molecule has 0 bridgehead atoms. The molecule has 1 unspecified atom stereocenters. The van der Waals surface area contributed by atoms with E-state index in [0.29, 0.717) is 0 Å². The molecule has 0 spiro atoms. The molecule has 1 N–H and O–H groups in total. The number of nitro benzene ring substituents is 1. The van der Waals surface area contributed by atoms with E-state index in [1.54, 1.807) is 0 Å². The number of anilines is 1. The lowest BCUT2D eigenvalue weighted by Gasteiger charge is -2.12. The summed E-state index contributed by atoms with van der Waals surface area (Å²) >= 11 is 2.84. The Balaban J connectivity index is 3.49. The van der Waals surface area contributed by atoms with Gasteiger partial charge in [-0.25, -0.2) is 13.2 Å². The summed E-state index contributed by atoms with van der Waals surface area (Å²) in [4.78, 5) is 9.93. The van der Waals surface area contributed by atoms with Gasteiger partial charge in [0.25, 0.3) is 12.1 Å². The average molecular weight is 313 g/mol. The number of rotatable bonds is 4. The van der Waals surface area contributed by atoms with Gasteiger partial charge in [0.2, 0.25) is 0 Å². The number of halogens is 4. The summed E-state index contributed by atoms with van der Waals surface area (Å²) in [6.07, 6.45) is -6.03. The SMILES string of the molecule is CNc1ccc(Br)c(C(F)C(F)F)c1[N+](=O)[O-]. The molecule has 0 heterocycles. The van der Waals surface area contributed by atoms with Crippen LogP contribution in [0.2, 0.25) is 0 Å². The fourth-order valence-corrected chi connectivity index (χ4v) is 1.91. The van der Waals surface area contributed by atoms with Crippen molar-refractivity contribution in [2.75, 3.05) is 12.4 Å². The average Bonchev–Trinajstić information content (AvgIpc) is 2.27. The molecule has 0 amide bonds. The molecule has 0 saturated carbocycles. The van der Waals surface area contributed by atoms with Crippen molar-refractivity contribution >= 4 is 27.3 Å². The minimum Gasteiger partial charge on any atom is -0.383 e. The zero-order valence-electron chi connectivity index (χ0n) is 8.58. The third kappa shape index (κ3) is 2.68. The van der Waals surface area contributed by atoms with E-state index >= 15 is 0 Å². The maximum absolute atomic E-state index is 13.3. The molecule has 1 aromatic carbocycles. The largest absolute Gasteiger partial charge is 0.383 e. The molecule has 1 aromatic rings. The first-order valence-electron chi connectivity index (χ1n) is 4.47. The van der Waals surface area contributed by atoms with Gasteiger partial charge < -0.3 is 5.32 Å². The molecule has 0 aliphatic heterocycles. The van der Waals surface area contributed by atoms with Gasteiger partial charge in [-0.3, -0.25) is 10.1 Å². The van der Waals surface area contributed by atoms with Crippen molar-refractivity contribution in [3.05, 3.63) is 32.3 Å². The van der Waals surface area contributed by atoms with Crippen LogP contribution >= 0.6 is 15.9 Å². The Labute approximate surface area is 103 Å². The molecule has 17 heavy (non-hydrogen) atoms. The summed E-state index contributed by atoms with van der Waals surface area (Å²) in [5.41, 5.74) is -1.36. The van der Waals surface area contributed by atoms with E-state index in [2.05, 4.69) is 21.2 Å². The van der Waals surface area contributed by atoms with Gasteiger partial charge in [-0.05, 0) is 12.1 Å². The molecule has 0 radical (unpaired) electrons. The van der Waals surface area contributed by atoms with Gasteiger partial charge in [0.05, 0.1) is 10.5 Å². The van der Waals surface area contributed by atoms with E-state index in [-0.39, 0.29) is 10.2 Å². The Morgan fingerprint density at radius 2 is 2.00 bits per heavy atom. The fourth-order valence-electron chi connectivity index (χ4n) is 1.37. The number of hydrogen-bond acceptors (Lipinski definition) is 3. The van der Waals surface area contributed by atoms with Crippen molar-refractivity contribution in [3.63, 3.8) is 0 Å². The van der Waals surface area contributed by atoms with Crippen LogP contribution in [-0.4, -0.2) is 18.4 Å². The van der Waals surface area contributed by atoms with Gasteiger partial charge in [-0.1, -0.05) is 15.9 Å². The van der Waals surface area contributed by atoms with Gasteiger partial charge in [0.15, 0.2) is 6.17 Å². The van der Waals surface area contributed by atoms with Crippen LogP contribution in [0.3, 0.4) is 0 Å². The summed E-state index contributed by atoms with van der Waals surface area (Å²) in [7, 11) is 1.38. The fraction of sp³-hybridized carbons (Fsp3) is 0.333. The van der Waals surface area contributed by atoms with E-state index in [1.807, 2.05) is 0 Å². The van der Waals surface area contributed by atoms with Gasteiger partial charge in [-0.2, -0.15) is 0 Å². The quantitative estimate of drug-likeness (QED) is 0.681. The standard InChI is InChI=1S/C9H8BrF3N2O2/c1-14-5-3-2-4(10)6(7(11)9(12)13)8(5)15(16)17/h2-3,7,9,14H,1H3. The van der Waals surface area contributed by atoms with E-state index in [9.17, 15) is 23.3 Å². The number of hydrogen-bond donors (Lipinski definition) is 1. The molecule has 0 saturated heterocycles. The zero-order valence-corrected chi connectivity index (χ0v) is 10.2. The first kappa shape index (κ1) is 13.8. The van der Waals surface area contributed by atoms with Crippen LogP contribution in [0.25, 0.3) is 0 Å². The molecule has 1 rings (SSSR count). The lowest BCUT2D eigenvalue weighted by atomic mass is 10.1. The second-order valence-corrected chi connectivity index (χ2v) is 3.95. The maximum Gasteiger partial charge on any atom is 0.299 e. The number of benzene rings is 1. The zero-order chi connectivity index (χ0) is 13.2. The Morgan fingerprint density at radius 3 is 2.41 bits per heavy atom. The lowest BCUT2D eigenvalue weighted by molar-refractivity contribution is -0.385. The first-order chi connectivity index (χ1) is 7.90. The summed E-state index contributed by atoms with van der Waals surface area (Å²) in [5, 5.41) is 13.3. The Hall–Kier alpha value is -1.31. The topological polar surface area (TPSA) is 55.2 Å². The van der Waals surface area contributed by atoms with E-state index < -0.39 is 28.8 Å². The summed E-state index contributed by atoms with van der Waals surface area (Å²) in [6.45, 7) is 0. The molecule has 8 heteroatoms. The number of nitrogens with zero attached hydrogens (tertiary/aromatic N) is 1. The third-order valence-electron chi connectivity index (χ3n) is 2.11. The van der Waals surface area contributed by atoms with Crippen LogP contribution in [0.5, 0.6) is 0 Å². The summed E-state index contributed by atoms with van der Waals surface area (Å²) < 4.78 is 38.0. The van der Waals surface area contributed by atoms with Crippen molar-refractivity contribution in [2.24, 2.45) is 0 Å². The molecular formula is C9H8BrF3N2O2. The van der Waals surface area contributed by atoms with Crippen molar-refractivity contribution in [2.45, 2.75) is 12.6 Å². The van der Waals surface area contributed by atoms with Crippen LogP contribution in [0.4, 0.5) is 24.5 Å². The van der Waals surface area contributed by atoms with Crippen LogP contribution < -0.4 is 5.32 Å². The number of nitrogens with one attached hydrogen (secondary N) is 1. The highest BCUT2D eigenvalue weighted by molar-refractivity contribution is 9.10. The molecule has 4 nitrogen and oxygen atoms in total. The lowest BCUT2D eigenvalue weighted by Crippen LogP contribution is -2.09. The highest BCUT2D eigenvalue weighted by Crippen LogP contribution is 2.41. The molecule has 0 aromatic heterocycles. The van der Waals surface area contributed by atoms with Crippen molar-refractivity contribution < 1.29 is 18.1 Å². The predicted molar refractivity (Wildman–Crippen MR) is 60.2 cm³/mol. The highest BCUT2D eigenvalue weighted by atomic mass is 79.9. The smallest absolute Gasteiger partial charge is 0.299 e. The molecular weight excluding hydrogens is 305 g/mol. The Kier molecular flexibility index (Phi) is 4.33. The monoisotopic (exact) mass is 312 g/mol. The summed E-state index contributed by atoms with van der Waals surface area (Å²) in [5.74, 6) is 0. The van der Waals surface area contributed by atoms with Gasteiger partial charge in [0.1, 0.15) is 5.69 Å². The number of nitro groups is 1. The van der Waals surface area contributed by atoms with E-state index in [4.69, 9.17) is 0 Å². The van der Waals surface area contributed by atoms with Crippen molar-refractivity contribution in [1.29, 1.82) is 0 Å². The summed E-state index contributed by atoms with van der Waals surface area (Å²) in [6, 6.07) is 2.59. The highest BCUT2D eigenvalue weighted by Gasteiger charge is 2.33. The van der Waals surface area contributed by atoms with Crippen molar-refractivity contribution in [1.82, 2.24) is 0 Å². The van der Waals surface area contributed by atoms with Crippen LogP contribution in [0.15, 0.2) is 16.6 Å². The second-order valence-electron chi connectivity index (χ2n) is 3.10. The molecule has 94 valence electrons. The molecule has 0 aliphatic carbocycles. The minimum atomic E-state index is -3.32. The van der Waals surface area contributed by atoms with Gasteiger partial charge >= 0.3 is 0 Å². The maximum atomic E-state index is 13.3. The molecule has 0 aliphatic rings. The molecule has 1 atom stereocenters. The van der Waals surface area contributed by atoms with Crippen molar-refractivity contribution in [3.8, 4) is 0 Å². The third-order valence-corrected chi connectivity index (χ3v) is 2.80. The molecule has 0 fully saturated rings. The normalized spacial score (nSPS) is 12.6. The number of alkyl halides is 3. The van der Waals surface area contributed by atoms with Crippen LogP contribution in [0, 0.1) is 10.1 Å². The first-order valence-corrected chi connectivity index (χ1v) is 5.26. The van der Waals surface area contributed by atoms with E-state index in [1.165, 1.54) is 19.2 Å². The Bertz CT molecular complexity index is 442.